The molecule has 1 amide bonds. The van der Waals surface area contributed by atoms with Crippen molar-refractivity contribution in [1.29, 1.82) is 0 Å². The zero-order valence-corrected chi connectivity index (χ0v) is 20.0. The van der Waals surface area contributed by atoms with Crippen LogP contribution in [-0.4, -0.2) is 47.2 Å². The number of rotatable bonds is 10. The lowest BCUT2D eigenvalue weighted by Crippen LogP contribution is -2.33. The van der Waals surface area contributed by atoms with Crippen molar-refractivity contribution in [3.63, 3.8) is 0 Å². The molecule has 12 heteroatoms. The first-order chi connectivity index (χ1) is 16.9. The number of carboxylic acids is 1. The Kier molecular flexibility index (Phi) is 7.30. The second-order valence-corrected chi connectivity index (χ2v) is 8.99. The molecule has 4 rings (SSSR count). The van der Waals surface area contributed by atoms with Crippen molar-refractivity contribution in [2.75, 3.05) is 4.90 Å². The Balaban J connectivity index is 1.72. The number of amides is 1. The number of nitrogens with one attached hydrogen (secondary N) is 1. The number of aromatic carboxylic acids is 1. The second-order valence-electron chi connectivity index (χ2n) is 7.99. The number of benzene rings is 1. The molecule has 0 spiro atoms. The Hall–Kier alpha value is -3.93. The normalized spacial score (nSPS) is 11.1. The van der Waals surface area contributed by atoms with Gasteiger partial charge in [0.1, 0.15) is 17.3 Å². The molecule has 0 saturated carbocycles. The summed E-state index contributed by atoms with van der Waals surface area (Å²) >= 11 is 1.52. The third-order valence-electron chi connectivity index (χ3n) is 5.63. The largest absolute Gasteiger partial charge is 0.478 e. The van der Waals surface area contributed by atoms with Crippen LogP contribution >= 0.6 is 11.3 Å². The van der Waals surface area contributed by atoms with Crippen LogP contribution in [0.25, 0.3) is 0 Å². The van der Waals surface area contributed by atoms with E-state index in [9.17, 15) is 14.0 Å². The molecule has 0 fully saturated rings. The number of aryl methyl sites for hydroxylation is 2. The topological polar surface area (TPSA) is 130 Å². The van der Waals surface area contributed by atoms with Gasteiger partial charge in [-0.1, -0.05) is 24.5 Å². The minimum atomic E-state index is -1.21. The zero-order valence-electron chi connectivity index (χ0n) is 19.2. The number of nitrogens with zero attached hydrogens (tertiary/aromatic N) is 6. The molecular weight excluding hydrogens is 473 g/mol. The van der Waals surface area contributed by atoms with Gasteiger partial charge in [-0.2, -0.15) is 5.21 Å². The molecule has 0 radical (unpaired) electrons. The lowest BCUT2D eigenvalue weighted by molar-refractivity contribution is 0.0696. The number of hydrogen-bond donors (Lipinski definition) is 2. The zero-order chi connectivity index (χ0) is 24.9. The Morgan fingerprint density at radius 1 is 1.29 bits per heavy atom. The van der Waals surface area contributed by atoms with E-state index in [4.69, 9.17) is 5.11 Å². The number of halogens is 1. The van der Waals surface area contributed by atoms with Gasteiger partial charge in [0, 0.05) is 16.9 Å². The van der Waals surface area contributed by atoms with Crippen LogP contribution in [0.15, 0.2) is 35.8 Å². The van der Waals surface area contributed by atoms with Gasteiger partial charge in [0.25, 0.3) is 11.9 Å². The number of thiophene rings is 1. The summed E-state index contributed by atoms with van der Waals surface area (Å²) in [7, 11) is 0. The fourth-order valence-electron chi connectivity index (χ4n) is 3.63. The molecule has 35 heavy (non-hydrogen) atoms. The molecule has 10 nitrogen and oxygen atoms in total. The fourth-order valence-corrected chi connectivity index (χ4v) is 4.52. The quantitative estimate of drug-likeness (QED) is 0.340. The van der Waals surface area contributed by atoms with E-state index in [0.29, 0.717) is 12.2 Å². The first-order valence-corrected chi connectivity index (χ1v) is 11.9. The third-order valence-corrected chi connectivity index (χ3v) is 6.64. The van der Waals surface area contributed by atoms with Crippen molar-refractivity contribution in [3.8, 4) is 0 Å². The molecule has 1 aromatic carbocycles. The number of imidazole rings is 1. The smallest absolute Gasteiger partial charge is 0.335 e. The number of aromatic amines is 1. The molecule has 2 N–H and O–H groups in total. The maximum Gasteiger partial charge on any atom is 0.335 e. The van der Waals surface area contributed by atoms with E-state index in [1.807, 2.05) is 25.3 Å². The summed E-state index contributed by atoms with van der Waals surface area (Å²) in [6.45, 7) is 4.26. The lowest BCUT2D eigenvalue weighted by atomic mass is 10.1. The van der Waals surface area contributed by atoms with Gasteiger partial charge >= 0.3 is 5.97 Å². The van der Waals surface area contributed by atoms with Gasteiger partial charge < -0.3 is 9.67 Å². The first-order valence-electron chi connectivity index (χ1n) is 11.0. The van der Waals surface area contributed by atoms with Gasteiger partial charge in [0.15, 0.2) is 0 Å². The molecule has 0 saturated heterocycles. The number of carboxylic acid groups (broad SMARTS) is 1. The summed E-state index contributed by atoms with van der Waals surface area (Å²) < 4.78 is 16.4. The number of aromatic nitrogens is 6. The summed E-state index contributed by atoms with van der Waals surface area (Å²) in [6, 6.07) is 5.71. The van der Waals surface area contributed by atoms with Crippen LogP contribution in [0.3, 0.4) is 0 Å². The predicted octanol–water partition coefficient (Wildman–Crippen LogP) is 3.84. The molecule has 4 aromatic rings. The number of anilines is 1. The van der Waals surface area contributed by atoms with Crippen molar-refractivity contribution in [2.24, 2.45) is 0 Å². The van der Waals surface area contributed by atoms with Crippen molar-refractivity contribution < 1.29 is 19.1 Å². The van der Waals surface area contributed by atoms with E-state index in [-0.39, 0.29) is 35.9 Å². The minimum absolute atomic E-state index is 0.0178. The molecule has 0 aliphatic heterocycles. The molecule has 0 bridgehead atoms. The van der Waals surface area contributed by atoms with E-state index < -0.39 is 17.7 Å². The van der Waals surface area contributed by atoms with Gasteiger partial charge in [-0.25, -0.2) is 14.2 Å². The van der Waals surface area contributed by atoms with E-state index >= 15 is 0 Å². The van der Waals surface area contributed by atoms with Crippen LogP contribution in [0.4, 0.5) is 10.3 Å². The number of H-pyrrole nitrogens is 1. The second kappa shape index (κ2) is 10.6. The minimum Gasteiger partial charge on any atom is -0.478 e. The summed E-state index contributed by atoms with van der Waals surface area (Å²) in [6.07, 6.45) is 3.84. The maximum atomic E-state index is 14.8. The molecule has 0 aliphatic rings. The Morgan fingerprint density at radius 2 is 2.11 bits per heavy atom. The number of hydrogen-bond acceptors (Lipinski definition) is 7. The monoisotopic (exact) mass is 497 g/mol. The summed E-state index contributed by atoms with van der Waals surface area (Å²) in [5.74, 6) is -1.53. The number of tetrazole rings is 1. The molecular formula is C23H24FN7O3S. The maximum absolute atomic E-state index is 14.8. The number of carbonyl (C=O) groups is 2. The highest BCUT2D eigenvalue weighted by molar-refractivity contribution is 7.10. The molecule has 0 unspecified atom stereocenters. The van der Waals surface area contributed by atoms with Crippen molar-refractivity contribution >= 4 is 29.2 Å². The lowest BCUT2D eigenvalue weighted by Gasteiger charge is -2.20. The van der Waals surface area contributed by atoms with Crippen molar-refractivity contribution in [2.45, 2.75) is 46.2 Å². The highest BCUT2D eigenvalue weighted by Crippen LogP contribution is 2.23. The van der Waals surface area contributed by atoms with Gasteiger partial charge in [0.2, 0.25) is 0 Å². The molecule has 0 aliphatic carbocycles. The highest BCUT2D eigenvalue weighted by Gasteiger charge is 2.27. The molecule has 182 valence electrons. The summed E-state index contributed by atoms with van der Waals surface area (Å²) in [5.41, 5.74) is 1.39. The highest BCUT2D eigenvalue weighted by atomic mass is 32.1. The van der Waals surface area contributed by atoms with E-state index in [0.717, 1.165) is 29.3 Å². The van der Waals surface area contributed by atoms with Gasteiger partial charge in [-0.05, 0) is 47.7 Å². The van der Waals surface area contributed by atoms with Crippen molar-refractivity contribution in [3.05, 3.63) is 74.7 Å². The van der Waals surface area contributed by atoms with E-state index in [2.05, 4.69) is 25.6 Å². The average Bonchev–Trinajstić information content (AvgIpc) is 3.59. The molecule has 0 atom stereocenters. The van der Waals surface area contributed by atoms with Crippen LogP contribution in [-0.2, 0) is 19.5 Å². The van der Waals surface area contributed by atoms with Crippen LogP contribution in [0.1, 0.15) is 62.4 Å². The van der Waals surface area contributed by atoms with Gasteiger partial charge in [0.05, 0.1) is 24.8 Å². The van der Waals surface area contributed by atoms with Crippen LogP contribution in [0.2, 0.25) is 0 Å². The van der Waals surface area contributed by atoms with Crippen molar-refractivity contribution in [1.82, 2.24) is 30.2 Å². The first kappa shape index (κ1) is 24.2. The van der Waals surface area contributed by atoms with Gasteiger partial charge in [-0.3, -0.25) is 9.69 Å². The van der Waals surface area contributed by atoms with E-state index in [1.54, 1.807) is 4.57 Å². The Labute approximate surface area is 204 Å². The van der Waals surface area contributed by atoms with E-state index in [1.165, 1.54) is 34.6 Å². The van der Waals surface area contributed by atoms with Crippen LogP contribution in [0.5, 0.6) is 0 Å². The Morgan fingerprint density at radius 3 is 2.74 bits per heavy atom. The van der Waals surface area contributed by atoms with Crippen LogP contribution in [0, 0.1) is 12.7 Å². The number of unbranched alkanes of at least 4 members (excludes halogenated alkanes) is 1. The summed E-state index contributed by atoms with van der Waals surface area (Å²) in [4.78, 5) is 31.8. The predicted molar refractivity (Wildman–Crippen MR) is 127 cm³/mol. The van der Waals surface area contributed by atoms with Crippen LogP contribution < -0.4 is 4.90 Å². The standard InChI is InChI=1S/C23H24FN7O3S/c1-3-4-5-20-25-11-18(30(20)12-16-7-6-15(22(33)34)10-17(16)24)21(32)31(23-26-28-29-27-23)13-19-14(2)8-9-35-19/h6-11H,3-5,12-13H2,1-2H3,(H,33,34)(H,26,27,28,29). The third kappa shape index (κ3) is 5.27. The number of carbonyl (C=O) groups excluding carboxylic acids is 1. The fraction of sp³-hybridized carbons (Fsp3) is 0.304. The SMILES string of the molecule is CCCCc1ncc(C(=O)N(Cc2sccc2C)c2nn[nH]n2)n1Cc1ccc(C(=O)O)cc1F. The van der Waals surface area contributed by atoms with Gasteiger partial charge in [-0.15, -0.1) is 16.4 Å². The Bertz CT molecular complexity index is 1330. The molecule has 3 heterocycles. The summed E-state index contributed by atoms with van der Waals surface area (Å²) in [5, 5.41) is 25.1. The molecule has 3 aromatic heterocycles. The average molecular weight is 498 g/mol.